The Balaban J connectivity index is 3.23. The van der Waals surface area contributed by atoms with Gasteiger partial charge in [0, 0.05) is 0 Å². The minimum absolute atomic E-state index is 0.344. The number of esters is 1. The van der Waals surface area contributed by atoms with Gasteiger partial charge < -0.3 is 9.84 Å². The molecule has 0 atom stereocenters. The lowest BCUT2D eigenvalue weighted by molar-refractivity contribution is -0.139. The molecule has 0 aliphatic heterocycles. The maximum Gasteiger partial charge on any atom is 0.335 e. The van der Waals surface area contributed by atoms with Gasteiger partial charge in [-0.2, -0.15) is 4.72 Å². The summed E-state index contributed by atoms with van der Waals surface area (Å²) in [6, 6.07) is 0.789. The number of sulfonamides is 1. The minimum atomic E-state index is -4.60. The molecule has 0 aliphatic carbocycles. The van der Waals surface area contributed by atoms with Gasteiger partial charge in [0.25, 0.3) is 0 Å². The zero-order chi connectivity index (χ0) is 15.5. The van der Waals surface area contributed by atoms with E-state index in [0.29, 0.717) is 12.1 Å². The number of methoxy groups -OCH3 is 1. The Kier molecular flexibility index (Phi) is 4.73. The summed E-state index contributed by atoms with van der Waals surface area (Å²) in [5, 5.41) is 8.67. The molecule has 1 rings (SSSR count). The first-order valence-electron chi connectivity index (χ1n) is 4.98. The predicted molar refractivity (Wildman–Crippen MR) is 60.5 cm³/mol. The SMILES string of the molecule is COC(=O)CNS(=O)(=O)c1cc(C(=O)O)cc(F)c1F. The standard InChI is InChI=1S/C10H9F2NO6S/c1-19-8(14)4-13-20(17,18)7-3-5(10(15)16)2-6(11)9(7)12/h2-3,13H,4H2,1H3,(H,15,16). The lowest BCUT2D eigenvalue weighted by Gasteiger charge is -2.08. The Bertz CT molecular complexity index is 658. The van der Waals surface area contributed by atoms with Gasteiger partial charge in [0.2, 0.25) is 10.0 Å². The number of hydrogen-bond acceptors (Lipinski definition) is 5. The van der Waals surface area contributed by atoms with Gasteiger partial charge in [-0.3, -0.25) is 4.79 Å². The van der Waals surface area contributed by atoms with Crippen molar-refractivity contribution in [3.8, 4) is 0 Å². The number of carboxylic acid groups (broad SMARTS) is 1. The fourth-order valence-electron chi connectivity index (χ4n) is 1.19. The number of carbonyl (C=O) groups is 2. The van der Waals surface area contributed by atoms with Crippen molar-refractivity contribution >= 4 is 22.0 Å². The largest absolute Gasteiger partial charge is 0.478 e. The average Bonchev–Trinajstić information content (AvgIpc) is 2.38. The van der Waals surface area contributed by atoms with Crippen LogP contribution in [0.3, 0.4) is 0 Å². The van der Waals surface area contributed by atoms with Gasteiger partial charge in [-0.05, 0) is 12.1 Å². The van der Waals surface area contributed by atoms with Gasteiger partial charge in [0.1, 0.15) is 11.4 Å². The zero-order valence-electron chi connectivity index (χ0n) is 10.0. The zero-order valence-corrected chi connectivity index (χ0v) is 10.8. The van der Waals surface area contributed by atoms with Crippen molar-refractivity contribution in [2.45, 2.75) is 4.90 Å². The van der Waals surface area contributed by atoms with Gasteiger partial charge in [0.05, 0.1) is 12.7 Å². The number of carboxylic acids is 1. The molecule has 0 unspecified atom stereocenters. The Labute approximate surface area is 112 Å². The van der Waals surface area contributed by atoms with E-state index in [0.717, 1.165) is 7.11 Å². The second-order valence-electron chi connectivity index (χ2n) is 3.48. The topological polar surface area (TPSA) is 110 Å². The van der Waals surface area contributed by atoms with Gasteiger partial charge in [-0.25, -0.2) is 22.0 Å². The quantitative estimate of drug-likeness (QED) is 0.747. The van der Waals surface area contributed by atoms with E-state index in [4.69, 9.17) is 5.11 Å². The molecule has 0 spiro atoms. The van der Waals surface area contributed by atoms with E-state index >= 15 is 0 Å². The highest BCUT2D eigenvalue weighted by Gasteiger charge is 2.25. The van der Waals surface area contributed by atoms with Crippen LogP contribution in [0.2, 0.25) is 0 Å². The van der Waals surface area contributed by atoms with Crippen LogP contribution < -0.4 is 4.72 Å². The van der Waals surface area contributed by atoms with Crippen LogP contribution in [0.25, 0.3) is 0 Å². The third-order valence-corrected chi connectivity index (χ3v) is 3.57. The third-order valence-electron chi connectivity index (χ3n) is 2.17. The number of hydrogen-bond donors (Lipinski definition) is 2. The number of nitrogens with one attached hydrogen (secondary N) is 1. The van der Waals surface area contributed by atoms with Crippen LogP contribution in [0.1, 0.15) is 10.4 Å². The molecule has 0 fully saturated rings. The van der Waals surface area contributed by atoms with E-state index in [1.54, 1.807) is 4.72 Å². The Morgan fingerprint density at radius 1 is 1.35 bits per heavy atom. The van der Waals surface area contributed by atoms with Crippen LogP contribution in [0, 0.1) is 11.6 Å². The second-order valence-corrected chi connectivity index (χ2v) is 5.21. The van der Waals surface area contributed by atoms with Gasteiger partial charge in [-0.15, -0.1) is 0 Å². The highest BCUT2D eigenvalue weighted by molar-refractivity contribution is 7.89. The summed E-state index contributed by atoms with van der Waals surface area (Å²) in [6.07, 6.45) is 0. The summed E-state index contributed by atoms with van der Waals surface area (Å²) < 4.78 is 55.8. The molecular weight excluding hydrogens is 300 g/mol. The first kappa shape index (κ1) is 16.0. The predicted octanol–water partition coefficient (Wildman–Crippen LogP) is 0.114. The average molecular weight is 309 g/mol. The summed E-state index contributed by atoms with van der Waals surface area (Å²) in [5.41, 5.74) is -0.748. The normalized spacial score (nSPS) is 11.2. The first-order valence-corrected chi connectivity index (χ1v) is 6.46. The van der Waals surface area contributed by atoms with Crippen molar-refractivity contribution in [1.29, 1.82) is 0 Å². The minimum Gasteiger partial charge on any atom is -0.478 e. The molecule has 7 nitrogen and oxygen atoms in total. The molecule has 0 aromatic heterocycles. The molecule has 0 amide bonds. The molecule has 0 saturated heterocycles. The molecular formula is C10H9F2NO6S. The van der Waals surface area contributed by atoms with Gasteiger partial charge >= 0.3 is 11.9 Å². The van der Waals surface area contributed by atoms with Crippen molar-refractivity contribution in [1.82, 2.24) is 4.72 Å². The van der Waals surface area contributed by atoms with Crippen molar-refractivity contribution in [2.75, 3.05) is 13.7 Å². The van der Waals surface area contributed by atoms with Crippen LogP contribution in [0.5, 0.6) is 0 Å². The third kappa shape index (κ3) is 3.48. The van der Waals surface area contributed by atoms with E-state index < -0.39 is 50.6 Å². The van der Waals surface area contributed by atoms with E-state index in [9.17, 15) is 26.8 Å². The number of benzene rings is 1. The van der Waals surface area contributed by atoms with Crippen molar-refractivity contribution in [2.24, 2.45) is 0 Å². The number of aromatic carboxylic acids is 1. The fraction of sp³-hybridized carbons (Fsp3) is 0.200. The van der Waals surface area contributed by atoms with Crippen LogP contribution in [-0.4, -0.2) is 39.1 Å². The van der Waals surface area contributed by atoms with E-state index in [-0.39, 0.29) is 0 Å². The van der Waals surface area contributed by atoms with Crippen molar-refractivity contribution in [3.63, 3.8) is 0 Å². The number of carbonyl (C=O) groups excluding carboxylic acids is 1. The Morgan fingerprint density at radius 3 is 2.45 bits per heavy atom. The molecule has 1 aromatic carbocycles. The van der Waals surface area contributed by atoms with Gasteiger partial charge in [-0.1, -0.05) is 0 Å². The molecule has 10 heteroatoms. The van der Waals surface area contributed by atoms with E-state index in [2.05, 4.69) is 4.74 Å². The summed E-state index contributed by atoms with van der Waals surface area (Å²) in [4.78, 5) is 20.3. The number of halogens is 2. The summed E-state index contributed by atoms with van der Waals surface area (Å²) in [7, 11) is -3.60. The Morgan fingerprint density at radius 2 is 1.95 bits per heavy atom. The molecule has 0 heterocycles. The van der Waals surface area contributed by atoms with Crippen molar-refractivity contribution in [3.05, 3.63) is 29.3 Å². The molecule has 1 aromatic rings. The summed E-state index contributed by atoms with van der Waals surface area (Å²) in [6.45, 7) is -0.808. The Hall–Kier alpha value is -2.07. The van der Waals surface area contributed by atoms with Crippen LogP contribution in [-0.2, 0) is 19.6 Å². The van der Waals surface area contributed by atoms with Crippen LogP contribution in [0.4, 0.5) is 8.78 Å². The van der Waals surface area contributed by atoms with Crippen LogP contribution in [0.15, 0.2) is 17.0 Å². The molecule has 0 radical (unpaired) electrons. The molecule has 0 aliphatic rings. The van der Waals surface area contributed by atoms with Crippen molar-refractivity contribution < 1.29 is 36.6 Å². The molecule has 110 valence electrons. The molecule has 20 heavy (non-hydrogen) atoms. The fourth-order valence-corrected chi connectivity index (χ4v) is 2.27. The molecule has 0 bridgehead atoms. The lowest BCUT2D eigenvalue weighted by Crippen LogP contribution is -2.31. The van der Waals surface area contributed by atoms with E-state index in [1.165, 1.54) is 0 Å². The van der Waals surface area contributed by atoms with Crippen LogP contribution >= 0.6 is 0 Å². The first-order chi connectivity index (χ1) is 9.19. The molecule has 0 saturated carbocycles. The number of ether oxygens (including phenoxy) is 1. The summed E-state index contributed by atoms with van der Waals surface area (Å²) in [5.74, 6) is -5.96. The number of rotatable bonds is 5. The van der Waals surface area contributed by atoms with E-state index in [1.807, 2.05) is 0 Å². The highest BCUT2D eigenvalue weighted by Crippen LogP contribution is 2.19. The second kappa shape index (κ2) is 5.92. The molecule has 2 N–H and O–H groups in total. The maximum atomic E-state index is 13.4. The van der Waals surface area contributed by atoms with Gasteiger partial charge in [0.15, 0.2) is 11.6 Å². The monoisotopic (exact) mass is 309 g/mol. The smallest absolute Gasteiger partial charge is 0.335 e. The maximum absolute atomic E-state index is 13.4. The highest BCUT2D eigenvalue weighted by atomic mass is 32.2. The lowest BCUT2D eigenvalue weighted by atomic mass is 10.2. The summed E-state index contributed by atoms with van der Waals surface area (Å²) >= 11 is 0.